The highest BCUT2D eigenvalue weighted by molar-refractivity contribution is 7.10. The number of aliphatic hydroxyl groups is 1. The maximum Gasteiger partial charge on any atom is 0.242 e. The van der Waals surface area contributed by atoms with E-state index >= 15 is 0 Å². The van der Waals surface area contributed by atoms with Gasteiger partial charge in [0, 0.05) is 22.9 Å². The first-order valence-electron chi connectivity index (χ1n) is 9.34. The lowest BCUT2D eigenvalue weighted by Crippen LogP contribution is -2.48. The molecule has 1 fully saturated rings. The van der Waals surface area contributed by atoms with E-state index < -0.39 is 12.1 Å². The number of hydrogen-bond acceptors (Lipinski definition) is 5. The van der Waals surface area contributed by atoms with Crippen molar-refractivity contribution < 1.29 is 14.3 Å². The third-order valence-electron chi connectivity index (χ3n) is 5.29. The maximum absolute atomic E-state index is 14.1. The van der Waals surface area contributed by atoms with Crippen molar-refractivity contribution in [2.45, 2.75) is 38.0 Å². The molecule has 3 N–H and O–H groups in total. The van der Waals surface area contributed by atoms with Crippen molar-refractivity contribution in [3.05, 3.63) is 52.6 Å². The molecular formula is C21H22FN3O2S. The topological polar surface area (TPSA) is 79.5 Å². The number of hydrogen-bond donors (Lipinski definition) is 2. The number of fused-ring (bicyclic) bond motifs is 1. The molecule has 1 aromatic heterocycles. The van der Waals surface area contributed by atoms with Crippen LogP contribution in [0.1, 0.15) is 30.8 Å². The number of thiazole rings is 1. The van der Waals surface area contributed by atoms with Crippen molar-refractivity contribution in [3.63, 3.8) is 0 Å². The molecule has 1 aliphatic heterocycles. The van der Waals surface area contributed by atoms with Crippen LogP contribution in [0.2, 0.25) is 0 Å². The predicted octanol–water partition coefficient (Wildman–Crippen LogP) is 3.47. The molecule has 146 valence electrons. The zero-order chi connectivity index (χ0) is 19.8. The van der Waals surface area contributed by atoms with Gasteiger partial charge in [0.1, 0.15) is 16.9 Å². The Kier molecular flexibility index (Phi) is 5.14. The van der Waals surface area contributed by atoms with E-state index in [0.717, 1.165) is 34.5 Å². The molecule has 0 spiro atoms. The van der Waals surface area contributed by atoms with Crippen LogP contribution in [0.25, 0.3) is 22.0 Å². The van der Waals surface area contributed by atoms with Crippen molar-refractivity contribution in [3.8, 4) is 11.3 Å². The Morgan fingerprint density at radius 3 is 2.82 bits per heavy atom. The first-order valence-corrected chi connectivity index (χ1v) is 10.2. The monoisotopic (exact) mass is 399 g/mol. The number of nitrogens with two attached hydrogens (primary N) is 1. The molecule has 0 bridgehead atoms. The third-order valence-corrected chi connectivity index (χ3v) is 6.24. The van der Waals surface area contributed by atoms with Crippen molar-refractivity contribution >= 4 is 28.0 Å². The smallest absolute Gasteiger partial charge is 0.242 e. The van der Waals surface area contributed by atoms with Crippen LogP contribution in [-0.2, 0) is 4.79 Å². The van der Waals surface area contributed by atoms with Crippen LogP contribution in [0.4, 0.5) is 4.39 Å². The summed E-state index contributed by atoms with van der Waals surface area (Å²) in [5, 5.41) is 13.8. The lowest BCUT2D eigenvalue weighted by atomic mass is 10.0. The third kappa shape index (κ3) is 3.30. The Morgan fingerprint density at radius 2 is 2.07 bits per heavy atom. The molecule has 2 aromatic carbocycles. The van der Waals surface area contributed by atoms with Gasteiger partial charge in [-0.05, 0) is 37.3 Å². The number of carbonyl (C=O) groups is 1. The van der Waals surface area contributed by atoms with Gasteiger partial charge in [0.05, 0.1) is 17.8 Å². The van der Waals surface area contributed by atoms with Gasteiger partial charge in [-0.1, -0.05) is 24.3 Å². The number of amides is 1. The largest absolute Gasteiger partial charge is 0.391 e. The number of rotatable bonds is 4. The summed E-state index contributed by atoms with van der Waals surface area (Å²) in [4.78, 5) is 19.1. The van der Waals surface area contributed by atoms with Gasteiger partial charge in [-0.3, -0.25) is 4.79 Å². The summed E-state index contributed by atoms with van der Waals surface area (Å²) >= 11 is 1.49. The van der Waals surface area contributed by atoms with E-state index in [0.29, 0.717) is 11.9 Å². The fraction of sp³-hybridized carbons (Fsp3) is 0.333. The molecular weight excluding hydrogens is 377 g/mol. The summed E-state index contributed by atoms with van der Waals surface area (Å²) in [6.07, 6.45) is 0.790. The minimum Gasteiger partial charge on any atom is -0.391 e. The highest BCUT2D eigenvalue weighted by atomic mass is 32.1. The zero-order valence-corrected chi connectivity index (χ0v) is 16.3. The second-order valence-corrected chi connectivity index (χ2v) is 8.06. The number of carbonyl (C=O) groups excluding carboxylic acids is 1. The average molecular weight is 399 g/mol. The minimum absolute atomic E-state index is 0.136. The fourth-order valence-corrected chi connectivity index (χ4v) is 4.70. The standard InChI is InChI=1S/C21H22FN3O2S/c1-12(26)19(23)21(27)25-10-4-7-18(25)20-24-17(11-28-20)15-8-9-16(22)14-6-3-2-5-13(14)15/h2-3,5-6,8-9,11-12,18-19,26H,4,7,10,23H2,1H3/t12-,18+,19+/m1/s1. The van der Waals surface area contributed by atoms with Crippen molar-refractivity contribution in [1.29, 1.82) is 0 Å². The van der Waals surface area contributed by atoms with Gasteiger partial charge in [-0.25, -0.2) is 9.37 Å². The van der Waals surface area contributed by atoms with Crippen LogP contribution in [0, 0.1) is 5.82 Å². The van der Waals surface area contributed by atoms with Crippen LogP contribution in [0.3, 0.4) is 0 Å². The molecule has 0 saturated carbocycles. The first kappa shape index (κ1) is 19.0. The van der Waals surface area contributed by atoms with Crippen LogP contribution < -0.4 is 5.73 Å². The zero-order valence-electron chi connectivity index (χ0n) is 15.5. The molecule has 1 saturated heterocycles. The average Bonchev–Trinajstić information content (AvgIpc) is 3.36. The summed E-state index contributed by atoms with van der Waals surface area (Å²) in [5.74, 6) is -0.504. The fourth-order valence-electron chi connectivity index (χ4n) is 3.74. The van der Waals surface area contributed by atoms with E-state index in [1.807, 2.05) is 23.6 Å². The van der Waals surface area contributed by atoms with E-state index in [4.69, 9.17) is 10.7 Å². The lowest BCUT2D eigenvalue weighted by Gasteiger charge is -2.27. The van der Waals surface area contributed by atoms with Crippen molar-refractivity contribution in [1.82, 2.24) is 9.88 Å². The highest BCUT2D eigenvalue weighted by Gasteiger charge is 2.35. The van der Waals surface area contributed by atoms with Gasteiger partial charge in [-0.15, -0.1) is 11.3 Å². The molecule has 3 atom stereocenters. The summed E-state index contributed by atoms with van der Waals surface area (Å²) in [6.45, 7) is 2.13. The second kappa shape index (κ2) is 7.58. The molecule has 7 heteroatoms. The van der Waals surface area contributed by atoms with Gasteiger partial charge in [0.2, 0.25) is 5.91 Å². The Balaban J connectivity index is 1.67. The van der Waals surface area contributed by atoms with Gasteiger partial charge < -0.3 is 15.7 Å². The number of halogens is 1. The normalized spacial score (nSPS) is 19.1. The molecule has 1 aliphatic rings. The van der Waals surface area contributed by atoms with Crippen molar-refractivity contribution in [2.75, 3.05) is 6.54 Å². The number of aromatic nitrogens is 1. The molecule has 3 aromatic rings. The SMILES string of the molecule is C[C@@H](O)[C@H](N)C(=O)N1CCC[C@H]1c1nc(-c2ccc(F)c3ccccc23)cs1. The quantitative estimate of drug-likeness (QED) is 0.704. The van der Waals surface area contributed by atoms with Gasteiger partial charge >= 0.3 is 0 Å². The van der Waals surface area contributed by atoms with Crippen molar-refractivity contribution in [2.24, 2.45) is 5.73 Å². The number of benzene rings is 2. The highest BCUT2D eigenvalue weighted by Crippen LogP contribution is 2.37. The Bertz CT molecular complexity index is 1020. The second-order valence-electron chi connectivity index (χ2n) is 7.17. The van der Waals surface area contributed by atoms with E-state index in [1.54, 1.807) is 17.0 Å². The number of nitrogens with zero attached hydrogens (tertiary/aromatic N) is 2. The summed E-state index contributed by atoms with van der Waals surface area (Å²) in [6, 6.07) is 9.49. The molecule has 28 heavy (non-hydrogen) atoms. The maximum atomic E-state index is 14.1. The Morgan fingerprint density at radius 1 is 1.32 bits per heavy atom. The predicted molar refractivity (Wildman–Crippen MR) is 108 cm³/mol. The number of aliphatic hydroxyl groups excluding tert-OH is 1. The van der Waals surface area contributed by atoms with Crippen LogP contribution in [0.5, 0.6) is 0 Å². The van der Waals surface area contributed by atoms with E-state index in [-0.39, 0.29) is 17.8 Å². The summed E-state index contributed by atoms with van der Waals surface area (Å²) in [7, 11) is 0. The molecule has 5 nitrogen and oxygen atoms in total. The number of likely N-dealkylation sites (tertiary alicyclic amines) is 1. The molecule has 0 unspecified atom stereocenters. The van der Waals surface area contributed by atoms with Gasteiger partial charge in [-0.2, -0.15) is 0 Å². The molecule has 1 amide bonds. The van der Waals surface area contributed by atoms with Crippen LogP contribution in [-0.4, -0.2) is 39.6 Å². The Labute approximate surface area is 166 Å². The summed E-state index contributed by atoms with van der Waals surface area (Å²) < 4.78 is 14.1. The van der Waals surface area contributed by atoms with Gasteiger partial charge in [0.15, 0.2) is 0 Å². The van der Waals surface area contributed by atoms with E-state index in [1.165, 1.54) is 24.3 Å². The molecule has 2 heterocycles. The van der Waals surface area contributed by atoms with E-state index in [2.05, 4.69) is 0 Å². The first-order chi connectivity index (χ1) is 13.5. The molecule has 0 radical (unpaired) electrons. The van der Waals surface area contributed by atoms with Crippen LogP contribution in [0.15, 0.2) is 41.8 Å². The Hall–Kier alpha value is -2.35. The van der Waals surface area contributed by atoms with E-state index in [9.17, 15) is 14.3 Å². The summed E-state index contributed by atoms with van der Waals surface area (Å²) in [5.41, 5.74) is 7.50. The van der Waals surface area contributed by atoms with Crippen LogP contribution >= 0.6 is 11.3 Å². The molecule has 0 aliphatic carbocycles. The molecule has 4 rings (SSSR count). The minimum atomic E-state index is -0.930. The lowest BCUT2D eigenvalue weighted by molar-refractivity contribution is -0.135. The van der Waals surface area contributed by atoms with Gasteiger partial charge in [0.25, 0.3) is 0 Å².